The van der Waals surface area contributed by atoms with Gasteiger partial charge in [0, 0.05) is 31.7 Å². The minimum Gasteiger partial charge on any atom is -0.396 e. The molecule has 108 valence electrons. The Morgan fingerprint density at radius 1 is 1.22 bits per heavy atom. The van der Waals surface area contributed by atoms with Gasteiger partial charge in [-0.25, -0.2) is 0 Å². The zero-order valence-corrected chi connectivity index (χ0v) is 12.5. The molecule has 1 aliphatic rings. The van der Waals surface area contributed by atoms with E-state index in [2.05, 4.69) is 31.0 Å². The minimum absolute atomic E-state index is 0.0937. The van der Waals surface area contributed by atoms with E-state index in [4.69, 9.17) is 0 Å². The van der Waals surface area contributed by atoms with Crippen LogP contribution in [0, 0.1) is 11.3 Å². The number of aliphatic hydroxyl groups excluding tert-OH is 1. The Bertz CT molecular complexity index is 200. The number of hydrogen-bond donors (Lipinski definition) is 2. The SMILES string of the molecule is CCC(CC)(CO)CNCCN1CCC(C)CC1. The molecule has 0 radical (unpaired) electrons. The van der Waals surface area contributed by atoms with Crippen LogP contribution in [0.4, 0.5) is 0 Å². The summed E-state index contributed by atoms with van der Waals surface area (Å²) >= 11 is 0. The third kappa shape index (κ3) is 4.87. The van der Waals surface area contributed by atoms with Gasteiger partial charge in [0.05, 0.1) is 0 Å². The monoisotopic (exact) mass is 256 g/mol. The molecule has 0 aliphatic carbocycles. The lowest BCUT2D eigenvalue weighted by atomic mass is 9.83. The summed E-state index contributed by atoms with van der Waals surface area (Å²) in [5, 5.41) is 13.0. The Morgan fingerprint density at radius 3 is 2.33 bits per heavy atom. The number of nitrogens with zero attached hydrogens (tertiary/aromatic N) is 1. The van der Waals surface area contributed by atoms with Gasteiger partial charge in [-0.15, -0.1) is 0 Å². The first kappa shape index (κ1) is 15.9. The lowest BCUT2D eigenvalue weighted by Crippen LogP contribution is -2.42. The van der Waals surface area contributed by atoms with Crippen molar-refractivity contribution in [1.82, 2.24) is 10.2 Å². The molecule has 1 aliphatic heterocycles. The quantitative estimate of drug-likeness (QED) is 0.653. The van der Waals surface area contributed by atoms with Crippen LogP contribution < -0.4 is 5.32 Å². The molecule has 0 aromatic rings. The smallest absolute Gasteiger partial charge is 0.0499 e. The highest BCUT2D eigenvalue weighted by Crippen LogP contribution is 2.24. The number of rotatable bonds is 8. The largest absolute Gasteiger partial charge is 0.396 e. The van der Waals surface area contributed by atoms with Crippen LogP contribution >= 0.6 is 0 Å². The summed E-state index contributed by atoms with van der Waals surface area (Å²) in [6, 6.07) is 0. The molecule has 1 saturated heterocycles. The van der Waals surface area contributed by atoms with Gasteiger partial charge in [0.15, 0.2) is 0 Å². The predicted octanol–water partition coefficient (Wildman–Crippen LogP) is 2.11. The van der Waals surface area contributed by atoms with Crippen LogP contribution in [-0.2, 0) is 0 Å². The number of nitrogens with one attached hydrogen (secondary N) is 1. The maximum Gasteiger partial charge on any atom is 0.0499 e. The molecule has 1 rings (SSSR count). The summed E-state index contributed by atoms with van der Waals surface area (Å²) in [6.07, 6.45) is 4.80. The first-order chi connectivity index (χ1) is 8.65. The van der Waals surface area contributed by atoms with Crippen molar-refractivity contribution in [3.05, 3.63) is 0 Å². The molecule has 0 atom stereocenters. The van der Waals surface area contributed by atoms with Crippen LogP contribution in [0.25, 0.3) is 0 Å². The maximum absolute atomic E-state index is 9.50. The van der Waals surface area contributed by atoms with Gasteiger partial charge in [-0.2, -0.15) is 0 Å². The molecule has 0 aromatic heterocycles. The molecule has 18 heavy (non-hydrogen) atoms. The molecule has 0 amide bonds. The van der Waals surface area contributed by atoms with E-state index in [1.54, 1.807) is 0 Å². The second kappa shape index (κ2) is 8.13. The zero-order valence-electron chi connectivity index (χ0n) is 12.5. The molecule has 3 nitrogen and oxygen atoms in total. The molecule has 0 bridgehead atoms. The first-order valence-electron chi connectivity index (χ1n) is 7.69. The van der Waals surface area contributed by atoms with Crippen molar-refractivity contribution in [2.45, 2.75) is 46.5 Å². The second-order valence-electron chi connectivity index (χ2n) is 6.07. The van der Waals surface area contributed by atoms with Crippen molar-refractivity contribution in [2.75, 3.05) is 39.3 Å². The molecule has 0 unspecified atom stereocenters. The van der Waals surface area contributed by atoms with E-state index in [9.17, 15) is 5.11 Å². The third-order valence-corrected chi connectivity index (χ3v) is 4.82. The fourth-order valence-corrected chi connectivity index (χ4v) is 2.66. The molecule has 1 fully saturated rings. The van der Waals surface area contributed by atoms with Crippen molar-refractivity contribution in [3.63, 3.8) is 0 Å². The van der Waals surface area contributed by atoms with Gasteiger partial charge in [0.2, 0.25) is 0 Å². The first-order valence-corrected chi connectivity index (χ1v) is 7.69. The third-order valence-electron chi connectivity index (χ3n) is 4.82. The van der Waals surface area contributed by atoms with E-state index in [1.165, 1.54) is 25.9 Å². The van der Waals surface area contributed by atoms with Crippen LogP contribution in [-0.4, -0.2) is 49.3 Å². The summed E-state index contributed by atoms with van der Waals surface area (Å²) in [6.45, 7) is 12.7. The molecule has 0 aromatic carbocycles. The highest BCUT2D eigenvalue weighted by Gasteiger charge is 2.24. The van der Waals surface area contributed by atoms with Gasteiger partial charge >= 0.3 is 0 Å². The highest BCUT2D eigenvalue weighted by atomic mass is 16.3. The molecule has 0 spiro atoms. The summed E-state index contributed by atoms with van der Waals surface area (Å²) < 4.78 is 0. The van der Waals surface area contributed by atoms with Crippen molar-refractivity contribution >= 4 is 0 Å². The van der Waals surface area contributed by atoms with Gasteiger partial charge < -0.3 is 15.3 Å². The average Bonchev–Trinajstić information content (AvgIpc) is 2.42. The topological polar surface area (TPSA) is 35.5 Å². The predicted molar refractivity (Wildman–Crippen MR) is 77.8 cm³/mol. The minimum atomic E-state index is 0.0937. The highest BCUT2D eigenvalue weighted by molar-refractivity contribution is 4.78. The van der Waals surface area contributed by atoms with E-state index in [1.807, 2.05) is 0 Å². The number of hydrogen-bond acceptors (Lipinski definition) is 3. The fourth-order valence-electron chi connectivity index (χ4n) is 2.66. The lowest BCUT2D eigenvalue weighted by Gasteiger charge is -2.32. The van der Waals surface area contributed by atoms with E-state index in [0.29, 0.717) is 6.61 Å². The zero-order chi connectivity index (χ0) is 13.4. The summed E-state index contributed by atoms with van der Waals surface area (Å²) in [5.41, 5.74) is 0.0937. The van der Waals surface area contributed by atoms with Gasteiger partial charge in [-0.3, -0.25) is 0 Å². The van der Waals surface area contributed by atoms with E-state index in [0.717, 1.165) is 38.4 Å². The Labute approximate surface area is 113 Å². The number of piperidine rings is 1. The Balaban J connectivity index is 2.14. The normalized spacial score (nSPS) is 19.3. The summed E-state index contributed by atoms with van der Waals surface area (Å²) in [5.74, 6) is 0.913. The van der Waals surface area contributed by atoms with Crippen molar-refractivity contribution in [1.29, 1.82) is 0 Å². The van der Waals surface area contributed by atoms with Crippen LogP contribution in [0.15, 0.2) is 0 Å². The molecule has 1 heterocycles. The molecular formula is C15H32N2O. The Kier molecular flexibility index (Phi) is 7.20. The average molecular weight is 256 g/mol. The Hall–Kier alpha value is -0.120. The van der Waals surface area contributed by atoms with Crippen molar-refractivity contribution in [2.24, 2.45) is 11.3 Å². The maximum atomic E-state index is 9.50. The van der Waals surface area contributed by atoms with Crippen LogP contribution in [0.1, 0.15) is 46.5 Å². The van der Waals surface area contributed by atoms with Crippen LogP contribution in [0.3, 0.4) is 0 Å². The molecule has 3 heteroatoms. The molecule has 0 saturated carbocycles. The second-order valence-corrected chi connectivity index (χ2v) is 6.07. The standard InChI is InChI=1S/C15H32N2O/c1-4-15(5-2,13-18)12-16-8-11-17-9-6-14(3)7-10-17/h14,16,18H,4-13H2,1-3H3. The van der Waals surface area contributed by atoms with Gasteiger partial charge in [0.25, 0.3) is 0 Å². The van der Waals surface area contributed by atoms with Gasteiger partial charge in [-0.05, 0) is 44.7 Å². The lowest BCUT2D eigenvalue weighted by molar-refractivity contribution is 0.111. The molecular weight excluding hydrogens is 224 g/mol. The van der Waals surface area contributed by atoms with Gasteiger partial charge in [-0.1, -0.05) is 20.8 Å². The van der Waals surface area contributed by atoms with Crippen molar-refractivity contribution in [3.8, 4) is 0 Å². The molecule has 2 N–H and O–H groups in total. The van der Waals surface area contributed by atoms with E-state index < -0.39 is 0 Å². The van der Waals surface area contributed by atoms with E-state index >= 15 is 0 Å². The Morgan fingerprint density at radius 2 is 1.83 bits per heavy atom. The van der Waals surface area contributed by atoms with Crippen LogP contribution in [0.2, 0.25) is 0 Å². The van der Waals surface area contributed by atoms with Crippen LogP contribution in [0.5, 0.6) is 0 Å². The summed E-state index contributed by atoms with van der Waals surface area (Å²) in [4.78, 5) is 2.56. The van der Waals surface area contributed by atoms with Gasteiger partial charge in [0.1, 0.15) is 0 Å². The van der Waals surface area contributed by atoms with Crippen molar-refractivity contribution < 1.29 is 5.11 Å². The van der Waals surface area contributed by atoms with E-state index in [-0.39, 0.29) is 5.41 Å². The summed E-state index contributed by atoms with van der Waals surface area (Å²) in [7, 11) is 0. The number of likely N-dealkylation sites (tertiary alicyclic amines) is 1. The fraction of sp³-hybridized carbons (Fsp3) is 1.00. The number of aliphatic hydroxyl groups is 1.